The first-order valence-corrected chi connectivity index (χ1v) is 18.5. The van der Waals surface area contributed by atoms with Crippen molar-refractivity contribution in [2.24, 2.45) is 0 Å². The Hall–Kier alpha value is -1.97. The average Bonchev–Trinajstić information content (AvgIpc) is 3.02. The Kier molecular flexibility index (Phi) is 22.9. The van der Waals surface area contributed by atoms with E-state index in [-0.39, 0.29) is 12.1 Å². The molecule has 4 nitrogen and oxygen atoms in total. The van der Waals surface area contributed by atoms with Crippen molar-refractivity contribution >= 4 is 12.0 Å². The van der Waals surface area contributed by atoms with Crippen LogP contribution in [-0.2, 0) is 9.53 Å². The molecule has 246 valence electrons. The maximum atomic E-state index is 12.5. The lowest BCUT2D eigenvalue weighted by molar-refractivity contribution is -0.144. The topological polar surface area (TPSA) is 44.8 Å². The summed E-state index contributed by atoms with van der Waals surface area (Å²) in [4.78, 5) is 12.5. The van der Waals surface area contributed by atoms with Crippen LogP contribution in [0.1, 0.15) is 180 Å². The summed E-state index contributed by atoms with van der Waals surface area (Å²) in [6, 6.07) is 6.02. The number of hydrogen-bond acceptors (Lipinski definition) is 4. The van der Waals surface area contributed by atoms with E-state index in [1.54, 1.807) is 6.08 Å². The third kappa shape index (κ3) is 20.6. The highest BCUT2D eigenvalue weighted by Crippen LogP contribution is 2.26. The van der Waals surface area contributed by atoms with Crippen molar-refractivity contribution in [3.8, 4) is 11.5 Å². The zero-order valence-electron chi connectivity index (χ0n) is 28.2. The number of carbonyl (C=O) groups excluding carboxylic acids is 1. The van der Waals surface area contributed by atoms with Gasteiger partial charge in [-0.05, 0) is 62.3 Å². The summed E-state index contributed by atoms with van der Waals surface area (Å²) in [6.07, 6.45) is 35.3. The van der Waals surface area contributed by atoms with Crippen molar-refractivity contribution in [2.45, 2.75) is 180 Å². The fourth-order valence-corrected chi connectivity index (χ4v) is 5.97. The van der Waals surface area contributed by atoms with Crippen LogP contribution in [0.3, 0.4) is 0 Å². The van der Waals surface area contributed by atoms with Gasteiger partial charge in [-0.15, -0.1) is 0 Å². The van der Waals surface area contributed by atoms with Crippen LogP contribution in [0.4, 0.5) is 0 Å². The van der Waals surface area contributed by atoms with Gasteiger partial charge >= 0.3 is 5.97 Å². The minimum Gasteiger partial charge on any atom is -0.493 e. The SMILES string of the molecule is CCCCCCCCCCCCOc1cc(C=CC(=O)OC2CCCCC2)cc(OCCCCCCCCCCCC)c1. The van der Waals surface area contributed by atoms with Crippen molar-refractivity contribution in [3.63, 3.8) is 0 Å². The second kappa shape index (κ2) is 26.4. The summed E-state index contributed by atoms with van der Waals surface area (Å²) >= 11 is 0. The molecule has 2 rings (SSSR count). The van der Waals surface area contributed by atoms with E-state index in [0.29, 0.717) is 13.2 Å². The van der Waals surface area contributed by atoms with Crippen LogP contribution in [0.5, 0.6) is 11.5 Å². The first kappa shape index (κ1) is 37.2. The molecule has 1 saturated carbocycles. The number of carbonyl (C=O) groups is 1. The van der Waals surface area contributed by atoms with E-state index in [1.165, 1.54) is 122 Å². The van der Waals surface area contributed by atoms with Crippen molar-refractivity contribution in [2.75, 3.05) is 13.2 Å². The maximum absolute atomic E-state index is 12.5. The molecule has 4 heteroatoms. The number of hydrogen-bond donors (Lipinski definition) is 0. The molecule has 0 aromatic heterocycles. The van der Waals surface area contributed by atoms with Crippen molar-refractivity contribution < 1.29 is 19.0 Å². The molecule has 0 aliphatic heterocycles. The van der Waals surface area contributed by atoms with Gasteiger partial charge < -0.3 is 14.2 Å². The van der Waals surface area contributed by atoms with Crippen LogP contribution in [0.2, 0.25) is 0 Å². The van der Waals surface area contributed by atoms with Gasteiger partial charge in [-0.1, -0.05) is 136 Å². The molecular weight excluding hydrogens is 532 g/mol. The summed E-state index contributed by atoms with van der Waals surface area (Å²) < 4.78 is 18.0. The number of unbranched alkanes of at least 4 members (excludes halogenated alkanes) is 18. The van der Waals surface area contributed by atoms with E-state index in [1.807, 2.05) is 24.3 Å². The predicted octanol–water partition coefficient (Wildman–Crippen LogP) is 12.2. The normalized spacial score (nSPS) is 13.9. The largest absolute Gasteiger partial charge is 0.493 e. The Morgan fingerprint density at radius 2 is 1.02 bits per heavy atom. The third-order valence-electron chi connectivity index (χ3n) is 8.68. The molecule has 1 aromatic carbocycles. The fourth-order valence-electron chi connectivity index (χ4n) is 5.97. The van der Waals surface area contributed by atoms with Gasteiger partial charge in [0.15, 0.2) is 0 Å². The molecule has 0 N–H and O–H groups in total. The van der Waals surface area contributed by atoms with Gasteiger partial charge in [-0.2, -0.15) is 0 Å². The lowest BCUT2D eigenvalue weighted by atomic mass is 9.98. The lowest BCUT2D eigenvalue weighted by Crippen LogP contribution is -2.19. The minimum absolute atomic E-state index is 0.0709. The molecule has 1 fully saturated rings. The standard InChI is InChI=1S/C39H66O4/c1-3-5-7-9-11-13-15-17-19-24-30-41-37-32-35(28-29-39(40)43-36-26-22-21-23-27-36)33-38(34-37)42-31-25-20-18-16-14-12-10-8-6-4-2/h28-29,32-34,36H,3-27,30-31H2,1-2H3. The number of esters is 1. The summed E-state index contributed by atoms with van der Waals surface area (Å²) in [5.74, 6) is 1.38. The van der Waals surface area contributed by atoms with Crippen molar-refractivity contribution in [1.29, 1.82) is 0 Å². The van der Waals surface area contributed by atoms with Crippen LogP contribution >= 0.6 is 0 Å². The molecule has 43 heavy (non-hydrogen) atoms. The first-order chi connectivity index (χ1) is 21.2. The van der Waals surface area contributed by atoms with Gasteiger partial charge in [0.05, 0.1) is 13.2 Å². The molecular formula is C39H66O4. The van der Waals surface area contributed by atoms with Gasteiger partial charge in [-0.25, -0.2) is 4.79 Å². The molecule has 0 atom stereocenters. The van der Waals surface area contributed by atoms with Crippen LogP contribution in [-0.4, -0.2) is 25.3 Å². The summed E-state index contributed by atoms with van der Waals surface area (Å²) in [7, 11) is 0. The monoisotopic (exact) mass is 598 g/mol. The zero-order valence-corrected chi connectivity index (χ0v) is 28.2. The molecule has 0 spiro atoms. The Bertz CT molecular complexity index is 782. The van der Waals surface area contributed by atoms with E-state index in [2.05, 4.69) is 13.8 Å². The van der Waals surface area contributed by atoms with Gasteiger partial charge in [0, 0.05) is 12.1 Å². The number of benzene rings is 1. The van der Waals surface area contributed by atoms with Gasteiger partial charge in [0.2, 0.25) is 0 Å². The highest BCUT2D eigenvalue weighted by atomic mass is 16.5. The molecule has 0 amide bonds. The zero-order chi connectivity index (χ0) is 30.6. The highest BCUT2D eigenvalue weighted by molar-refractivity contribution is 5.87. The van der Waals surface area contributed by atoms with E-state index >= 15 is 0 Å². The van der Waals surface area contributed by atoms with Gasteiger partial charge in [0.1, 0.15) is 17.6 Å². The van der Waals surface area contributed by atoms with E-state index in [4.69, 9.17) is 14.2 Å². The van der Waals surface area contributed by atoms with Gasteiger partial charge in [0.25, 0.3) is 0 Å². The lowest BCUT2D eigenvalue weighted by Gasteiger charge is -2.20. The molecule has 0 heterocycles. The van der Waals surface area contributed by atoms with Crippen LogP contribution < -0.4 is 9.47 Å². The summed E-state index contributed by atoms with van der Waals surface area (Å²) in [6.45, 7) is 5.98. The molecule has 0 radical (unpaired) electrons. The molecule has 1 aliphatic rings. The van der Waals surface area contributed by atoms with E-state index in [0.717, 1.165) is 55.6 Å². The molecule has 0 bridgehead atoms. The van der Waals surface area contributed by atoms with E-state index in [9.17, 15) is 4.79 Å². The molecule has 1 aliphatic carbocycles. The Labute approximate surface area is 265 Å². The number of rotatable bonds is 27. The average molecular weight is 599 g/mol. The molecule has 0 unspecified atom stereocenters. The third-order valence-corrected chi connectivity index (χ3v) is 8.68. The molecule has 1 aromatic rings. The molecule has 0 saturated heterocycles. The van der Waals surface area contributed by atoms with E-state index < -0.39 is 0 Å². The summed E-state index contributed by atoms with van der Waals surface area (Å²) in [5, 5.41) is 0. The second-order valence-electron chi connectivity index (χ2n) is 12.8. The minimum atomic E-state index is -0.253. The Morgan fingerprint density at radius 1 is 0.605 bits per heavy atom. The fraction of sp³-hybridized carbons (Fsp3) is 0.769. The second-order valence-corrected chi connectivity index (χ2v) is 12.8. The Morgan fingerprint density at radius 3 is 1.47 bits per heavy atom. The maximum Gasteiger partial charge on any atom is 0.331 e. The summed E-state index contributed by atoms with van der Waals surface area (Å²) in [5.41, 5.74) is 0.916. The van der Waals surface area contributed by atoms with Crippen LogP contribution in [0.25, 0.3) is 6.08 Å². The quantitative estimate of drug-likeness (QED) is 0.0574. The predicted molar refractivity (Wildman–Crippen MR) is 183 cm³/mol. The first-order valence-electron chi connectivity index (χ1n) is 18.5. The van der Waals surface area contributed by atoms with Crippen LogP contribution in [0, 0.1) is 0 Å². The van der Waals surface area contributed by atoms with Gasteiger partial charge in [-0.3, -0.25) is 0 Å². The van der Waals surface area contributed by atoms with Crippen molar-refractivity contribution in [1.82, 2.24) is 0 Å². The smallest absolute Gasteiger partial charge is 0.331 e. The van der Waals surface area contributed by atoms with Crippen LogP contribution in [0.15, 0.2) is 24.3 Å². The highest BCUT2D eigenvalue weighted by Gasteiger charge is 2.16. The number of ether oxygens (including phenoxy) is 3. The Balaban J connectivity index is 1.75. The van der Waals surface area contributed by atoms with Crippen molar-refractivity contribution in [3.05, 3.63) is 29.8 Å².